The van der Waals surface area contributed by atoms with Crippen LogP contribution in [0.2, 0.25) is 0 Å². The van der Waals surface area contributed by atoms with Gasteiger partial charge in [0, 0.05) is 0 Å². The number of aryl methyl sites for hydroxylation is 2. The summed E-state index contributed by atoms with van der Waals surface area (Å²) in [6, 6.07) is 53.4. The van der Waals surface area contributed by atoms with Crippen molar-refractivity contribution in [3.8, 4) is 44.5 Å². The fourth-order valence-corrected chi connectivity index (χ4v) is 5.95. The number of hydrogen-bond acceptors (Lipinski definition) is 0. The Kier molecular flexibility index (Phi) is 6.02. The molecular formula is C40H30. The Morgan fingerprint density at radius 3 is 0.950 bits per heavy atom. The molecule has 0 bridgehead atoms. The van der Waals surface area contributed by atoms with Crippen molar-refractivity contribution >= 4 is 21.5 Å². The van der Waals surface area contributed by atoms with Crippen LogP contribution in [-0.4, -0.2) is 0 Å². The SMILES string of the molecule is Cc1ccc(-c2cccc(-c3c4ccccc4c(-c4cccc(-c5ccc(C)cc5)c4)c4ccccc34)c2)cc1. The van der Waals surface area contributed by atoms with Crippen LogP contribution in [0.15, 0.2) is 146 Å². The summed E-state index contributed by atoms with van der Waals surface area (Å²) in [5.74, 6) is 0. The van der Waals surface area contributed by atoms with Crippen molar-refractivity contribution in [2.75, 3.05) is 0 Å². The van der Waals surface area contributed by atoms with Gasteiger partial charge in [0.2, 0.25) is 0 Å². The molecule has 0 saturated heterocycles. The zero-order valence-electron chi connectivity index (χ0n) is 22.9. The van der Waals surface area contributed by atoms with Crippen LogP contribution in [0, 0.1) is 13.8 Å². The van der Waals surface area contributed by atoms with E-state index in [-0.39, 0.29) is 0 Å². The molecular weight excluding hydrogens is 480 g/mol. The van der Waals surface area contributed by atoms with E-state index in [4.69, 9.17) is 0 Å². The van der Waals surface area contributed by atoms with Crippen LogP contribution in [0.5, 0.6) is 0 Å². The summed E-state index contributed by atoms with van der Waals surface area (Å²) in [5.41, 5.74) is 12.6. The van der Waals surface area contributed by atoms with E-state index in [1.165, 1.54) is 77.2 Å². The molecule has 0 amide bonds. The summed E-state index contributed by atoms with van der Waals surface area (Å²) < 4.78 is 0. The van der Waals surface area contributed by atoms with Gasteiger partial charge < -0.3 is 0 Å². The molecule has 0 nitrogen and oxygen atoms in total. The lowest BCUT2D eigenvalue weighted by Gasteiger charge is -2.18. The Morgan fingerprint density at radius 1 is 0.275 bits per heavy atom. The lowest BCUT2D eigenvalue weighted by Crippen LogP contribution is -1.91. The first kappa shape index (κ1) is 24.1. The minimum Gasteiger partial charge on any atom is -0.0616 e. The van der Waals surface area contributed by atoms with Crippen LogP contribution in [0.1, 0.15) is 11.1 Å². The van der Waals surface area contributed by atoms with E-state index < -0.39 is 0 Å². The molecule has 0 atom stereocenters. The molecule has 0 aliphatic rings. The third-order valence-corrected chi connectivity index (χ3v) is 8.00. The van der Waals surface area contributed by atoms with Crippen molar-refractivity contribution in [3.63, 3.8) is 0 Å². The summed E-state index contributed by atoms with van der Waals surface area (Å²) in [6.07, 6.45) is 0. The molecule has 0 unspecified atom stereocenters. The largest absolute Gasteiger partial charge is 0.0616 e. The maximum Gasteiger partial charge on any atom is -0.00262 e. The maximum atomic E-state index is 2.34. The molecule has 0 saturated carbocycles. The highest BCUT2D eigenvalue weighted by atomic mass is 14.2. The minimum absolute atomic E-state index is 1.24. The highest BCUT2D eigenvalue weighted by Crippen LogP contribution is 2.44. The second-order valence-corrected chi connectivity index (χ2v) is 10.7. The summed E-state index contributed by atoms with van der Waals surface area (Å²) in [7, 11) is 0. The van der Waals surface area contributed by atoms with Crippen LogP contribution < -0.4 is 0 Å². The molecule has 0 fully saturated rings. The average molecular weight is 511 g/mol. The second-order valence-electron chi connectivity index (χ2n) is 10.7. The number of benzene rings is 7. The van der Waals surface area contributed by atoms with Gasteiger partial charge in [-0.25, -0.2) is 0 Å². The number of fused-ring (bicyclic) bond motifs is 2. The first-order valence-electron chi connectivity index (χ1n) is 13.9. The number of hydrogen-bond donors (Lipinski definition) is 0. The van der Waals surface area contributed by atoms with Crippen molar-refractivity contribution in [1.29, 1.82) is 0 Å². The smallest absolute Gasteiger partial charge is 0.00262 e. The van der Waals surface area contributed by atoms with Gasteiger partial charge in [-0.2, -0.15) is 0 Å². The van der Waals surface area contributed by atoms with Gasteiger partial charge in [0.1, 0.15) is 0 Å². The van der Waals surface area contributed by atoms with E-state index in [2.05, 4.69) is 159 Å². The van der Waals surface area contributed by atoms with Gasteiger partial charge in [0.25, 0.3) is 0 Å². The Balaban J connectivity index is 1.48. The van der Waals surface area contributed by atoms with Crippen molar-refractivity contribution in [3.05, 3.63) is 157 Å². The van der Waals surface area contributed by atoms with Crippen LogP contribution in [0.3, 0.4) is 0 Å². The molecule has 7 rings (SSSR count). The molecule has 0 spiro atoms. The molecule has 0 aliphatic carbocycles. The van der Waals surface area contributed by atoms with E-state index >= 15 is 0 Å². The summed E-state index contributed by atoms with van der Waals surface area (Å²) in [6.45, 7) is 4.27. The van der Waals surface area contributed by atoms with E-state index in [9.17, 15) is 0 Å². The predicted octanol–water partition coefficient (Wildman–Crippen LogP) is 11.3. The van der Waals surface area contributed by atoms with Gasteiger partial charge in [-0.1, -0.05) is 145 Å². The molecule has 0 aliphatic heterocycles. The van der Waals surface area contributed by atoms with Crippen molar-refractivity contribution < 1.29 is 0 Å². The first-order chi connectivity index (χ1) is 19.7. The Hall–Kier alpha value is -4.94. The van der Waals surface area contributed by atoms with Crippen LogP contribution in [-0.2, 0) is 0 Å². The zero-order chi connectivity index (χ0) is 27.1. The maximum absolute atomic E-state index is 2.34. The molecule has 7 aromatic rings. The van der Waals surface area contributed by atoms with Gasteiger partial charge in [0.05, 0.1) is 0 Å². The number of rotatable bonds is 4. The van der Waals surface area contributed by atoms with Gasteiger partial charge in [-0.05, 0) is 92.0 Å². The van der Waals surface area contributed by atoms with Crippen LogP contribution in [0.25, 0.3) is 66.1 Å². The molecule has 40 heavy (non-hydrogen) atoms. The lowest BCUT2D eigenvalue weighted by molar-refractivity contribution is 1.47. The Bertz CT molecular complexity index is 1790. The zero-order valence-corrected chi connectivity index (χ0v) is 22.9. The van der Waals surface area contributed by atoms with Gasteiger partial charge >= 0.3 is 0 Å². The third-order valence-electron chi connectivity index (χ3n) is 8.00. The monoisotopic (exact) mass is 510 g/mol. The standard InChI is InChI=1S/C40H30/c1-27-17-21-29(22-18-27)31-9-7-11-33(25-31)39-35-13-3-5-15-37(35)40(38-16-6-4-14-36(38)39)34-12-8-10-32(26-34)30-23-19-28(2)20-24-30/h3-26H,1-2H3. The molecule has 0 radical (unpaired) electrons. The summed E-state index contributed by atoms with van der Waals surface area (Å²) in [4.78, 5) is 0. The Morgan fingerprint density at radius 2 is 0.600 bits per heavy atom. The van der Waals surface area contributed by atoms with Gasteiger partial charge in [-0.15, -0.1) is 0 Å². The molecule has 7 aromatic carbocycles. The lowest BCUT2D eigenvalue weighted by atomic mass is 9.85. The fraction of sp³-hybridized carbons (Fsp3) is 0.0500. The van der Waals surface area contributed by atoms with Crippen molar-refractivity contribution in [2.45, 2.75) is 13.8 Å². The topological polar surface area (TPSA) is 0 Å². The highest BCUT2D eigenvalue weighted by Gasteiger charge is 2.17. The summed E-state index contributed by atoms with van der Waals surface area (Å²) >= 11 is 0. The Labute approximate surface area is 236 Å². The summed E-state index contributed by atoms with van der Waals surface area (Å²) in [5, 5.41) is 5.10. The van der Waals surface area contributed by atoms with E-state index in [0.717, 1.165) is 0 Å². The van der Waals surface area contributed by atoms with Crippen LogP contribution >= 0.6 is 0 Å². The first-order valence-corrected chi connectivity index (χ1v) is 13.9. The van der Waals surface area contributed by atoms with Crippen molar-refractivity contribution in [2.24, 2.45) is 0 Å². The fourth-order valence-electron chi connectivity index (χ4n) is 5.95. The molecule has 0 aromatic heterocycles. The van der Waals surface area contributed by atoms with E-state index in [1.807, 2.05) is 0 Å². The highest BCUT2D eigenvalue weighted by molar-refractivity contribution is 6.21. The molecule has 190 valence electrons. The van der Waals surface area contributed by atoms with Crippen LogP contribution in [0.4, 0.5) is 0 Å². The third kappa shape index (κ3) is 4.28. The molecule has 0 heterocycles. The quantitative estimate of drug-likeness (QED) is 0.207. The average Bonchev–Trinajstić information content (AvgIpc) is 3.00. The molecule has 0 heteroatoms. The van der Waals surface area contributed by atoms with Gasteiger partial charge in [0.15, 0.2) is 0 Å². The van der Waals surface area contributed by atoms with E-state index in [1.54, 1.807) is 0 Å². The molecule has 0 N–H and O–H groups in total. The van der Waals surface area contributed by atoms with Gasteiger partial charge in [-0.3, -0.25) is 0 Å². The minimum atomic E-state index is 1.24. The second kappa shape index (κ2) is 9.98. The normalized spacial score (nSPS) is 11.2. The predicted molar refractivity (Wildman–Crippen MR) is 173 cm³/mol. The van der Waals surface area contributed by atoms with E-state index in [0.29, 0.717) is 0 Å². The van der Waals surface area contributed by atoms with Crippen molar-refractivity contribution in [1.82, 2.24) is 0 Å².